The molecule has 2 heterocycles. The Morgan fingerprint density at radius 2 is 2.26 bits per heavy atom. The summed E-state index contributed by atoms with van der Waals surface area (Å²) in [6.07, 6.45) is 2.08. The third-order valence-electron chi connectivity index (χ3n) is 3.37. The summed E-state index contributed by atoms with van der Waals surface area (Å²) in [6, 6.07) is 10.1. The van der Waals surface area contributed by atoms with Crippen molar-refractivity contribution in [1.29, 1.82) is 0 Å². The molecule has 1 aliphatic rings. The monoisotopic (exact) mass is 272 g/mol. The molecule has 0 saturated heterocycles. The molecular formula is C15H16N2OS. The smallest absolute Gasteiger partial charge is 0.130 e. The van der Waals surface area contributed by atoms with E-state index in [-0.39, 0.29) is 5.92 Å². The Morgan fingerprint density at radius 1 is 1.42 bits per heavy atom. The molecule has 0 aliphatic carbocycles. The minimum Gasteiger partial charge on any atom is -0.492 e. The van der Waals surface area contributed by atoms with Crippen molar-refractivity contribution in [3.8, 4) is 5.75 Å². The normalized spacial score (nSPS) is 17.0. The third kappa shape index (κ3) is 2.40. The van der Waals surface area contributed by atoms with Gasteiger partial charge in [0.2, 0.25) is 0 Å². The van der Waals surface area contributed by atoms with Crippen LogP contribution >= 0.6 is 12.2 Å². The summed E-state index contributed by atoms with van der Waals surface area (Å²) >= 11 is 5.26. The van der Waals surface area contributed by atoms with Gasteiger partial charge in [0.05, 0.1) is 5.92 Å². The Hall–Kier alpha value is -1.68. The molecule has 1 unspecified atom stereocenters. The fraction of sp³-hybridized carbons (Fsp3) is 0.333. The quantitative estimate of drug-likeness (QED) is 0.867. The van der Waals surface area contributed by atoms with E-state index in [9.17, 15) is 0 Å². The Balaban J connectivity index is 2.02. The lowest BCUT2D eigenvalue weighted by Crippen LogP contribution is -2.09. The van der Waals surface area contributed by atoms with Crippen LogP contribution in [-0.4, -0.2) is 16.6 Å². The summed E-state index contributed by atoms with van der Waals surface area (Å²) in [6.45, 7) is 2.79. The maximum absolute atomic E-state index is 5.71. The largest absolute Gasteiger partial charge is 0.492 e. The second-order valence-electron chi connectivity index (χ2n) is 4.78. The molecule has 0 bridgehead atoms. The Labute approximate surface area is 117 Å². The molecule has 1 N–H and O–H groups in total. The van der Waals surface area contributed by atoms with Crippen molar-refractivity contribution in [2.45, 2.75) is 25.7 Å². The first-order valence-electron chi connectivity index (χ1n) is 6.60. The number of benzene rings is 1. The molecule has 0 spiro atoms. The molecule has 98 valence electrons. The van der Waals surface area contributed by atoms with Crippen LogP contribution in [0.25, 0.3) is 0 Å². The van der Waals surface area contributed by atoms with Crippen molar-refractivity contribution in [3.05, 3.63) is 52.1 Å². The van der Waals surface area contributed by atoms with Gasteiger partial charge in [-0.15, -0.1) is 0 Å². The molecule has 0 fully saturated rings. The first kappa shape index (κ1) is 12.4. The number of fused-ring (bicyclic) bond motifs is 1. The maximum Gasteiger partial charge on any atom is 0.130 e. The fourth-order valence-corrected chi connectivity index (χ4v) is 2.73. The Bertz CT molecular complexity index is 651. The van der Waals surface area contributed by atoms with E-state index in [1.165, 1.54) is 5.56 Å². The molecule has 1 aromatic carbocycles. The van der Waals surface area contributed by atoms with Crippen LogP contribution in [0.2, 0.25) is 0 Å². The molecule has 1 aromatic heterocycles. The summed E-state index contributed by atoms with van der Waals surface area (Å²) in [7, 11) is 0. The zero-order valence-electron chi connectivity index (χ0n) is 10.8. The van der Waals surface area contributed by atoms with Crippen LogP contribution < -0.4 is 4.74 Å². The van der Waals surface area contributed by atoms with Gasteiger partial charge in [-0.3, -0.25) is 0 Å². The van der Waals surface area contributed by atoms with E-state index >= 15 is 0 Å². The van der Waals surface area contributed by atoms with Gasteiger partial charge in [-0.05, 0) is 18.6 Å². The van der Waals surface area contributed by atoms with E-state index in [2.05, 4.69) is 23.0 Å². The summed E-state index contributed by atoms with van der Waals surface area (Å²) in [5.41, 5.74) is 2.34. The molecule has 1 atom stereocenters. The topological polar surface area (TPSA) is 37.9 Å². The van der Waals surface area contributed by atoms with Crippen molar-refractivity contribution in [1.82, 2.24) is 9.97 Å². The van der Waals surface area contributed by atoms with Gasteiger partial charge < -0.3 is 9.72 Å². The van der Waals surface area contributed by atoms with E-state index in [1.54, 1.807) is 0 Å². The van der Waals surface area contributed by atoms with E-state index in [0.717, 1.165) is 30.1 Å². The van der Waals surface area contributed by atoms with E-state index < -0.39 is 0 Å². The van der Waals surface area contributed by atoms with Crippen LogP contribution in [0.5, 0.6) is 5.75 Å². The highest BCUT2D eigenvalue weighted by atomic mass is 32.1. The number of aromatic nitrogens is 2. The van der Waals surface area contributed by atoms with Crippen molar-refractivity contribution in [3.63, 3.8) is 0 Å². The zero-order valence-corrected chi connectivity index (χ0v) is 11.7. The molecular weight excluding hydrogens is 256 g/mol. The summed E-state index contributed by atoms with van der Waals surface area (Å²) in [5, 5.41) is 0. The number of nitrogens with zero attached hydrogens (tertiary/aromatic N) is 1. The average Bonchev–Trinajstić information content (AvgIpc) is 2.82. The lowest BCUT2D eigenvalue weighted by atomic mass is 10.0. The summed E-state index contributed by atoms with van der Waals surface area (Å²) in [4.78, 5) is 7.89. The van der Waals surface area contributed by atoms with Gasteiger partial charge in [-0.25, -0.2) is 4.98 Å². The summed E-state index contributed by atoms with van der Waals surface area (Å²) < 4.78 is 6.37. The second-order valence-corrected chi connectivity index (χ2v) is 5.20. The van der Waals surface area contributed by atoms with Crippen molar-refractivity contribution >= 4 is 12.2 Å². The molecule has 0 radical (unpaired) electrons. The molecule has 1 aliphatic heterocycles. The van der Waals surface area contributed by atoms with Crippen LogP contribution in [0, 0.1) is 4.64 Å². The van der Waals surface area contributed by atoms with Gasteiger partial charge >= 0.3 is 0 Å². The van der Waals surface area contributed by atoms with Crippen LogP contribution in [0.3, 0.4) is 0 Å². The third-order valence-corrected chi connectivity index (χ3v) is 3.58. The predicted octanol–water partition coefficient (Wildman–Crippen LogP) is 3.62. The molecule has 3 nitrogen and oxygen atoms in total. The van der Waals surface area contributed by atoms with Crippen LogP contribution in [0.15, 0.2) is 30.3 Å². The van der Waals surface area contributed by atoms with Gasteiger partial charge in [0.1, 0.15) is 22.8 Å². The fourth-order valence-electron chi connectivity index (χ4n) is 2.49. The highest BCUT2D eigenvalue weighted by Crippen LogP contribution is 2.36. The Kier molecular flexibility index (Phi) is 3.34. The average molecular weight is 272 g/mol. The van der Waals surface area contributed by atoms with Crippen molar-refractivity contribution in [2.75, 3.05) is 6.61 Å². The number of nitrogens with one attached hydrogen (secondary N) is 1. The number of para-hydroxylation sites is 1. The standard InChI is InChI=1S/C15H16N2OS/c1-2-5-10-8-14(19)17-15(16-10)12-9-18-13-7-4-3-6-11(12)13/h3-4,6-8,12H,2,5,9H2,1H3,(H,16,17,19). The lowest BCUT2D eigenvalue weighted by Gasteiger charge is -2.10. The second kappa shape index (κ2) is 5.13. The van der Waals surface area contributed by atoms with Gasteiger partial charge in [0.25, 0.3) is 0 Å². The first-order chi connectivity index (χ1) is 9.28. The zero-order chi connectivity index (χ0) is 13.2. The number of ether oxygens (including phenoxy) is 1. The number of hydrogen-bond donors (Lipinski definition) is 1. The van der Waals surface area contributed by atoms with Crippen molar-refractivity contribution < 1.29 is 4.74 Å². The SMILES string of the molecule is CCCc1cc(=S)nc(C2COc3ccccc32)[nH]1. The van der Waals surface area contributed by atoms with E-state index in [1.807, 2.05) is 24.3 Å². The van der Waals surface area contributed by atoms with Crippen LogP contribution in [0.4, 0.5) is 0 Å². The minimum atomic E-state index is 0.162. The number of aromatic amines is 1. The molecule has 3 rings (SSSR count). The maximum atomic E-state index is 5.71. The summed E-state index contributed by atoms with van der Waals surface area (Å²) in [5.74, 6) is 2.03. The number of hydrogen-bond acceptors (Lipinski definition) is 3. The molecule has 0 saturated carbocycles. The van der Waals surface area contributed by atoms with Crippen LogP contribution in [0.1, 0.15) is 36.3 Å². The van der Waals surface area contributed by atoms with E-state index in [0.29, 0.717) is 11.2 Å². The lowest BCUT2D eigenvalue weighted by molar-refractivity contribution is 0.339. The number of aryl methyl sites for hydroxylation is 1. The van der Waals surface area contributed by atoms with Crippen LogP contribution in [-0.2, 0) is 6.42 Å². The van der Waals surface area contributed by atoms with E-state index in [4.69, 9.17) is 17.0 Å². The van der Waals surface area contributed by atoms with Crippen molar-refractivity contribution in [2.24, 2.45) is 0 Å². The Morgan fingerprint density at radius 3 is 3.11 bits per heavy atom. The highest BCUT2D eigenvalue weighted by molar-refractivity contribution is 7.71. The molecule has 4 heteroatoms. The highest BCUT2D eigenvalue weighted by Gasteiger charge is 2.27. The van der Waals surface area contributed by atoms with Gasteiger partial charge in [-0.2, -0.15) is 0 Å². The molecule has 2 aromatic rings. The van der Waals surface area contributed by atoms with Gasteiger partial charge in [0, 0.05) is 11.3 Å². The van der Waals surface area contributed by atoms with Gasteiger partial charge in [0.15, 0.2) is 0 Å². The molecule has 0 amide bonds. The number of rotatable bonds is 3. The predicted molar refractivity (Wildman–Crippen MR) is 77.2 cm³/mol. The minimum absolute atomic E-state index is 0.162. The first-order valence-corrected chi connectivity index (χ1v) is 7.00. The molecule has 19 heavy (non-hydrogen) atoms. The number of H-pyrrole nitrogens is 1. The van der Waals surface area contributed by atoms with Gasteiger partial charge in [-0.1, -0.05) is 43.8 Å².